The summed E-state index contributed by atoms with van der Waals surface area (Å²) in [6, 6.07) is 1.23. The van der Waals surface area contributed by atoms with Crippen molar-refractivity contribution >= 4 is 11.8 Å². The van der Waals surface area contributed by atoms with Gasteiger partial charge in [-0.25, -0.2) is 4.39 Å². The number of hydrogen-bond acceptors (Lipinski definition) is 6. The highest BCUT2D eigenvalue weighted by Gasteiger charge is 2.35. The molecular weight excluding hydrogens is 341 g/mol. The number of alkyl halides is 1. The lowest BCUT2D eigenvalue weighted by Crippen LogP contribution is -2.53. The summed E-state index contributed by atoms with van der Waals surface area (Å²) in [4.78, 5) is 25.8. The Morgan fingerprint density at radius 3 is 2.73 bits per heavy atom. The first-order valence-corrected chi connectivity index (χ1v) is 8.44. The average Bonchev–Trinajstić information content (AvgIpc) is 3.12. The van der Waals surface area contributed by atoms with Crippen LogP contribution < -0.4 is 10.6 Å². The molecule has 0 aliphatic carbocycles. The van der Waals surface area contributed by atoms with Crippen molar-refractivity contribution in [1.29, 1.82) is 5.26 Å². The van der Waals surface area contributed by atoms with Crippen LogP contribution in [0, 0.1) is 25.2 Å². The molecule has 142 valence electrons. The molecular formula is C17H24FN5O3. The molecule has 0 radical (unpaired) electrons. The quantitative estimate of drug-likeness (QED) is 0.773. The van der Waals surface area contributed by atoms with Gasteiger partial charge in [0.2, 0.25) is 5.91 Å². The van der Waals surface area contributed by atoms with Crippen LogP contribution in [0.1, 0.15) is 42.1 Å². The largest absolute Gasteiger partial charge is 0.361 e. The van der Waals surface area contributed by atoms with E-state index >= 15 is 0 Å². The molecule has 2 amide bonds. The summed E-state index contributed by atoms with van der Waals surface area (Å²) >= 11 is 0. The molecule has 0 unspecified atom stereocenters. The lowest BCUT2D eigenvalue weighted by Gasteiger charge is -2.28. The van der Waals surface area contributed by atoms with Gasteiger partial charge in [-0.2, -0.15) is 5.26 Å². The summed E-state index contributed by atoms with van der Waals surface area (Å²) in [5.41, 5.74) is 0.333. The Kier molecular flexibility index (Phi) is 5.97. The van der Waals surface area contributed by atoms with Crippen LogP contribution in [0.4, 0.5) is 4.39 Å². The number of amides is 2. The van der Waals surface area contributed by atoms with Crippen LogP contribution in [-0.2, 0) is 4.79 Å². The number of nitriles is 1. The van der Waals surface area contributed by atoms with Gasteiger partial charge in [-0.3, -0.25) is 9.59 Å². The molecule has 2 atom stereocenters. The van der Waals surface area contributed by atoms with Crippen molar-refractivity contribution in [2.45, 2.75) is 51.9 Å². The van der Waals surface area contributed by atoms with Gasteiger partial charge < -0.3 is 20.1 Å². The summed E-state index contributed by atoms with van der Waals surface area (Å²) < 4.78 is 18.4. The van der Waals surface area contributed by atoms with E-state index in [-0.39, 0.29) is 37.9 Å². The Morgan fingerprint density at radius 2 is 2.15 bits per heavy atom. The Balaban J connectivity index is 1.86. The van der Waals surface area contributed by atoms with Gasteiger partial charge in [0.1, 0.15) is 23.5 Å². The summed E-state index contributed by atoms with van der Waals surface area (Å²) in [5, 5.41) is 18.6. The van der Waals surface area contributed by atoms with Gasteiger partial charge in [0, 0.05) is 18.5 Å². The number of rotatable bonds is 6. The fourth-order valence-electron chi connectivity index (χ4n) is 2.86. The predicted molar refractivity (Wildman–Crippen MR) is 91.0 cm³/mol. The van der Waals surface area contributed by atoms with Gasteiger partial charge in [-0.1, -0.05) is 5.16 Å². The van der Waals surface area contributed by atoms with Gasteiger partial charge in [-0.15, -0.1) is 0 Å². The van der Waals surface area contributed by atoms with Gasteiger partial charge in [-0.05, 0) is 27.7 Å². The topological polar surface area (TPSA) is 111 Å². The zero-order valence-corrected chi connectivity index (χ0v) is 15.4. The Morgan fingerprint density at radius 1 is 1.46 bits per heavy atom. The van der Waals surface area contributed by atoms with Gasteiger partial charge in [0.05, 0.1) is 24.9 Å². The molecule has 1 aromatic rings. The fraction of sp³-hybridized carbons (Fsp3) is 0.647. The third-order valence-corrected chi connectivity index (χ3v) is 4.39. The van der Waals surface area contributed by atoms with Crippen molar-refractivity contribution in [3.05, 3.63) is 17.0 Å². The number of nitrogens with zero attached hydrogens (tertiary/aromatic N) is 3. The van der Waals surface area contributed by atoms with Crippen LogP contribution in [0.25, 0.3) is 0 Å². The summed E-state index contributed by atoms with van der Waals surface area (Å²) in [7, 11) is 0. The minimum Gasteiger partial charge on any atom is -0.361 e. The molecule has 1 aliphatic heterocycles. The smallest absolute Gasteiger partial charge is 0.256 e. The van der Waals surface area contributed by atoms with E-state index in [1.54, 1.807) is 13.8 Å². The van der Waals surface area contributed by atoms with Gasteiger partial charge in [0.25, 0.3) is 5.91 Å². The van der Waals surface area contributed by atoms with Crippen LogP contribution in [0.15, 0.2) is 4.52 Å². The Hall–Kier alpha value is -2.47. The molecule has 8 nitrogen and oxygen atoms in total. The van der Waals surface area contributed by atoms with Crippen LogP contribution in [0.2, 0.25) is 0 Å². The number of carbonyl (C=O) groups is 2. The van der Waals surface area contributed by atoms with Crippen LogP contribution >= 0.6 is 0 Å². The van der Waals surface area contributed by atoms with E-state index in [0.29, 0.717) is 17.0 Å². The van der Waals surface area contributed by atoms with E-state index in [1.807, 2.05) is 19.9 Å². The number of aromatic nitrogens is 1. The molecule has 0 saturated carbocycles. The lowest BCUT2D eigenvalue weighted by molar-refractivity contribution is -0.130. The lowest BCUT2D eigenvalue weighted by atomic mass is 10.1. The standard InChI is InChI=1S/C17H24FN5O3/c1-10-15(11(2)26-22-10)16(25)20-9-17(3,4)21-7-14(24)23-8-12(18)5-13(23)6-19/h12-13,21H,5,7-9H2,1-4H3,(H,20,25)/t12-,13-/m0/s1. The zero-order valence-electron chi connectivity index (χ0n) is 15.4. The van der Waals surface area contributed by atoms with Crippen LogP contribution in [0.3, 0.4) is 0 Å². The number of aryl methyl sites for hydroxylation is 2. The highest BCUT2D eigenvalue weighted by atomic mass is 19.1. The first kappa shape index (κ1) is 19.8. The molecule has 2 N–H and O–H groups in total. The number of carbonyl (C=O) groups excluding carboxylic acids is 2. The SMILES string of the molecule is Cc1noc(C)c1C(=O)NCC(C)(C)NCC(=O)N1C[C@@H](F)C[C@H]1C#N. The molecule has 9 heteroatoms. The predicted octanol–water partition coefficient (Wildman–Crippen LogP) is 0.852. The molecule has 1 fully saturated rings. The maximum atomic E-state index is 13.4. The van der Waals surface area contributed by atoms with Crippen molar-refractivity contribution in [3.63, 3.8) is 0 Å². The first-order valence-electron chi connectivity index (χ1n) is 8.44. The van der Waals surface area contributed by atoms with E-state index in [9.17, 15) is 14.0 Å². The van der Waals surface area contributed by atoms with Gasteiger partial charge in [0.15, 0.2) is 0 Å². The van der Waals surface area contributed by atoms with Crippen molar-refractivity contribution in [1.82, 2.24) is 20.7 Å². The van der Waals surface area contributed by atoms with Crippen LogP contribution in [-0.4, -0.2) is 59.3 Å². The highest BCUT2D eigenvalue weighted by Crippen LogP contribution is 2.20. The number of hydrogen-bond donors (Lipinski definition) is 2. The monoisotopic (exact) mass is 365 g/mol. The molecule has 1 saturated heterocycles. The number of nitrogens with one attached hydrogen (secondary N) is 2. The average molecular weight is 365 g/mol. The number of halogens is 1. The normalized spacial score (nSPS) is 20.1. The number of likely N-dealkylation sites (tertiary alicyclic amines) is 1. The van der Waals surface area contributed by atoms with E-state index in [1.165, 1.54) is 4.90 Å². The molecule has 2 rings (SSSR count). The second-order valence-electron chi connectivity index (χ2n) is 7.14. The molecule has 1 aromatic heterocycles. The minimum absolute atomic E-state index is 0.0426. The van der Waals surface area contributed by atoms with Gasteiger partial charge >= 0.3 is 0 Å². The maximum absolute atomic E-state index is 13.4. The molecule has 26 heavy (non-hydrogen) atoms. The minimum atomic E-state index is -1.16. The highest BCUT2D eigenvalue weighted by molar-refractivity contribution is 5.96. The summed E-state index contributed by atoms with van der Waals surface area (Å²) in [5.74, 6) is -0.188. The Labute approximate surface area is 151 Å². The van der Waals surface area contributed by atoms with E-state index in [4.69, 9.17) is 9.78 Å². The molecule has 0 bridgehead atoms. The fourth-order valence-corrected chi connectivity index (χ4v) is 2.86. The zero-order chi connectivity index (χ0) is 19.5. The van der Waals surface area contributed by atoms with Crippen molar-refractivity contribution < 1.29 is 18.5 Å². The molecule has 2 heterocycles. The maximum Gasteiger partial charge on any atom is 0.256 e. The van der Waals surface area contributed by atoms with Crippen molar-refractivity contribution in [2.24, 2.45) is 0 Å². The third-order valence-electron chi connectivity index (χ3n) is 4.39. The molecule has 0 spiro atoms. The summed E-state index contributed by atoms with van der Waals surface area (Å²) in [6.07, 6.45) is -1.11. The van der Waals surface area contributed by atoms with Crippen molar-refractivity contribution in [2.75, 3.05) is 19.6 Å². The van der Waals surface area contributed by atoms with Crippen molar-refractivity contribution in [3.8, 4) is 6.07 Å². The molecule has 0 aromatic carbocycles. The van der Waals surface area contributed by atoms with E-state index < -0.39 is 17.8 Å². The van der Waals surface area contributed by atoms with E-state index in [2.05, 4.69) is 15.8 Å². The van der Waals surface area contributed by atoms with Crippen LogP contribution in [0.5, 0.6) is 0 Å². The second-order valence-corrected chi connectivity index (χ2v) is 7.14. The summed E-state index contributed by atoms with van der Waals surface area (Å²) in [6.45, 7) is 7.18. The Bertz CT molecular complexity index is 705. The molecule has 1 aliphatic rings. The van der Waals surface area contributed by atoms with E-state index in [0.717, 1.165) is 0 Å². The third kappa shape index (κ3) is 4.58. The second kappa shape index (κ2) is 7.83. The first-order chi connectivity index (χ1) is 12.1.